The minimum atomic E-state index is -2.66. The summed E-state index contributed by atoms with van der Waals surface area (Å²) in [6, 6.07) is 2.34. The number of amides is 1. The molecule has 0 unspecified atom stereocenters. The Labute approximate surface area is 157 Å². The monoisotopic (exact) mass is 396 g/mol. The Hall–Kier alpha value is -2.13. The third-order valence-electron chi connectivity index (χ3n) is 4.00. The molecule has 0 fully saturated rings. The number of nitrogens with one attached hydrogen (secondary N) is 1. The summed E-state index contributed by atoms with van der Waals surface area (Å²) < 4.78 is 27.0. The van der Waals surface area contributed by atoms with Gasteiger partial charge in [0.25, 0.3) is 6.43 Å². The number of carbonyl (C=O) groups is 1. The lowest BCUT2D eigenvalue weighted by Gasteiger charge is -2.20. The molecule has 0 aromatic carbocycles. The van der Waals surface area contributed by atoms with Gasteiger partial charge in [-0.1, -0.05) is 0 Å². The third-order valence-corrected chi connectivity index (χ3v) is 5.62. The molecule has 3 heterocycles. The van der Waals surface area contributed by atoms with Crippen LogP contribution in [0.4, 0.5) is 8.78 Å². The van der Waals surface area contributed by atoms with Crippen LogP contribution in [0.2, 0.25) is 0 Å². The number of thiazole rings is 1. The Balaban J connectivity index is 1.76. The van der Waals surface area contributed by atoms with E-state index in [4.69, 9.17) is 0 Å². The van der Waals surface area contributed by atoms with E-state index in [-0.39, 0.29) is 17.6 Å². The van der Waals surface area contributed by atoms with Crippen LogP contribution in [0.3, 0.4) is 0 Å². The maximum atomic E-state index is 12.9. The van der Waals surface area contributed by atoms with Crippen LogP contribution in [0, 0.1) is 6.92 Å². The van der Waals surface area contributed by atoms with Gasteiger partial charge in [-0.15, -0.1) is 11.3 Å². The van der Waals surface area contributed by atoms with E-state index >= 15 is 0 Å². The molecule has 0 aliphatic heterocycles. The number of rotatable bonds is 7. The molecule has 0 radical (unpaired) electrons. The van der Waals surface area contributed by atoms with Gasteiger partial charge in [-0.3, -0.25) is 9.48 Å². The average molecular weight is 396 g/mol. The summed E-state index contributed by atoms with van der Waals surface area (Å²) >= 11 is 3.06. The molecular weight excluding hydrogens is 378 g/mol. The standard InChI is InChI=1S/C17H18F2N4OS2/c1-10-7-13(15(18)19)22-23(10)11(2)16(24)21-14(17-20-4-6-26-17)8-12-3-5-25-9-12/h3-7,9,11,14-15H,8H2,1-2H3,(H,21,24)/t11-,14+/m0/s1. The zero-order valence-electron chi connectivity index (χ0n) is 14.2. The fraction of sp³-hybridized carbons (Fsp3) is 0.353. The summed E-state index contributed by atoms with van der Waals surface area (Å²) in [6.07, 6.45) is -0.342. The maximum Gasteiger partial charge on any atom is 0.282 e. The molecular formula is C17H18F2N4OS2. The van der Waals surface area contributed by atoms with Gasteiger partial charge in [-0.25, -0.2) is 13.8 Å². The van der Waals surface area contributed by atoms with Crippen molar-refractivity contribution in [1.29, 1.82) is 0 Å². The van der Waals surface area contributed by atoms with E-state index in [1.807, 2.05) is 22.2 Å². The van der Waals surface area contributed by atoms with Crippen molar-refractivity contribution in [2.24, 2.45) is 0 Å². The maximum absolute atomic E-state index is 12.9. The molecule has 0 saturated heterocycles. The zero-order chi connectivity index (χ0) is 18.7. The first-order valence-corrected chi connectivity index (χ1v) is 9.83. The van der Waals surface area contributed by atoms with Gasteiger partial charge in [0, 0.05) is 23.7 Å². The Morgan fingerprint density at radius 3 is 2.77 bits per heavy atom. The van der Waals surface area contributed by atoms with Crippen LogP contribution in [0.5, 0.6) is 0 Å². The molecule has 138 valence electrons. The summed E-state index contributed by atoms with van der Waals surface area (Å²) in [5, 5.41) is 13.5. The highest BCUT2D eigenvalue weighted by Gasteiger charge is 2.25. The van der Waals surface area contributed by atoms with Gasteiger partial charge in [-0.05, 0) is 42.3 Å². The van der Waals surface area contributed by atoms with Gasteiger partial charge in [0.1, 0.15) is 16.7 Å². The molecule has 2 atom stereocenters. The number of halogens is 2. The van der Waals surface area contributed by atoms with Crippen molar-refractivity contribution >= 4 is 28.6 Å². The van der Waals surface area contributed by atoms with E-state index in [2.05, 4.69) is 15.4 Å². The number of thiophene rings is 1. The molecule has 0 spiro atoms. The second-order valence-electron chi connectivity index (χ2n) is 5.90. The summed E-state index contributed by atoms with van der Waals surface area (Å²) in [7, 11) is 0. The Morgan fingerprint density at radius 2 is 2.19 bits per heavy atom. The van der Waals surface area contributed by atoms with Crippen molar-refractivity contribution < 1.29 is 13.6 Å². The Morgan fingerprint density at radius 1 is 1.38 bits per heavy atom. The molecule has 26 heavy (non-hydrogen) atoms. The molecule has 1 amide bonds. The van der Waals surface area contributed by atoms with Crippen LogP contribution in [0.15, 0.2) is 34.5 Å². The fourth-order valence-electron chi connectivity index (χ4n) is 2.67. The first-order valence-electron chi connectivity index (χ1n) is 8.00. The minimum absolute atomic E-state index is 0.273. The molecule has 0 saturated carbocycles. The van der Waals surface area contributed by atoms with Crippen molar-refractivity contribution in [2.75, 3.05) is 0 Å². The Bertz CT molecular complexity index is 846. The lowest BCUT2D eigenvalue weighted by molar-refractivity contribution is -0.125. The summed E-state index contributed by atoms with van der Waals surface area (Å²) in [6.45, 7) is 3.31. The molecule has 9 heteroatoms. The Kier molecular flexibility index (Phi) is 5.77. The number of hydrogen-bond acceptors (Lipinski definition) is 5. The van der Waals surface area contributed by atoms with E-state index in [1.165, 1.54) is 22.1 Å². The average Bonchev–Trinajstić information content (AvgIpc) is 3.35. The van der Waals surface area contributed by atoms with Gasteiger partial charge in [-0.2, -0.15) is 16.4 Å². The van der Waals surface area contributed by atoms with E-state index in [1.54, 1.807) is 31.4 Å². The lowest BCUT2D eigenvalue weighted by atomic mass is 10.1. The number of alkyl halides is 2. The summed E-state index contributed by atoms with van der Waals surface area (Å²) in [4.78, 5) is 17.0. The van der Waals surface area contributed by atoms with E-state index in [0.29, 0.717) is 12.1 Å². The first-order chi connectivity index (χ1) is 12.5. The fourth-order valence-corrected chi connectivity index (χ4v) is 4.04. The van der Waals surface area contributed by atoms with Crippen molar-refractivity contribution in [3.05, 3.63) is 56.4 Å². The SMILES string of the molecule is Cc1cc(C(F)F)nn1[C@@H](C)C(=O)N[C@H](Cc1ccsc1)c1nccs1. The van der Waals surface area contributed by atoms with Gasteiger partial charge in [0.2, 0.25) is 5.91 Å². The highest BCUT2D eigenvalue weighted by Crippen LogP contribution is 2.24. The zero-order valence-corrected chi connectivity index (χ0v) is 15.9. The second kappa shape index (κ2) is 8.05. The largest absolute Gasteiger partial charge is 0.345 e. The van der Waals surface area contributed by atoms with Crippen molar-refractivity contribution in [2.45, 2.75) is 38.8 Å². The predicted molar refractivity (Wildman–Crippen MR) is 97.7 cm³/mol. The van der Waals surface area contributed by atoms with Crippen LogP contribution in [-0.4, -0.2) is 20.7 Å². The number of aromatic nitrogens is 3. The summed E-state index contributed by atoms with van der Waals surface area (Å²) in [5.74, 6) is -0.285. The number of nitrogens with zero attached hydrogens (tertiary/aromatic N) is 3. The molecule has 0 aliphatic rings. The smallest absolute Gasteiger partial charge is 0.282 e. The van der Waals surface area contributed by atoms with Crippen LogP contribution in [0.25, 0.3) is 0 Å². The highest BCUT2D eigenvalue weighted by atomic mass is 32.1. The normalized spacial score (nSPS) is 13.7. The van der Waals surface area contributed by atoms with E-state index < -0.39 is 12.5 Å². The topological polar surface area (TPSA) is 59.8 Å². The molecule has 1 N–H and O–H groups in total. The van der Waals surface area contributed by atoms with Crippen molar-refractivity contribution in [3.63, 3.8) is 0 Å². The van der Waals surface area contributed by atoms with Gasteiger partial charge in [0.15, 0.2) is 0 Å². The quantitative estimate of drug-likeness (QED) is 0.647. The van der Waals surface area contributed by atoms with Crippen LogP contribution >= 0.6 is 22.7 Å². The van der Waals surface area contributed by atoms with Gasteiger partial charge >= 0.3 is 0 Å². The second-order valence-corrected chi connectivity index (χ2v) is 7.61. The molecule has 3 aromatic heterocycles. The van der Waals surface area contributed by atoms with Crippen LogP contribution < -0.4 is 5.32 Å². The molecule has 3 aromatic rings. The van der Waals surface area contributed by atoms with Crippen molar-refractivity contribution in [1.82, 2.24) is 20.1 Å². The number of carbonyl (C=O) groups excluding carboxylic acids is 1. The molecule has 0 bridgehead atoms. The van der Waals surface area contributed by atoms with Crippen LogP contribution in [-0.2, 0) is 11.2 Å². The van der Waals surface area contributed by atoms with Gasteiger partial charge < -0.3 is 5.32 Å². The molecule has 3 rings (SSSR count). The molecule has 5 nitrogen and oxygen atoms in total. The number of aryl methyl sites for hydroxylation is 1. The third kappa shape index (κ3) is 4.16. The number of hydrogen-bond donors (Lipinski definition) is 1. The van der Waals surface area contributed by atoms with E-state index in [9.17, 15) is 13.6 Å². The lowest BCUT2D eigenvalue weighted by Crippen LogP contribution is -2.35. The predicted octanol–water partition coefficient (Wildman–Crippen LogP) is 4.31. The molecule has 0 aliphatic carbocycles. The van der Waals surface area contributed by atoms with Crippen molar-refractivity contribution in [3.8, 4) is 0 Å². The highest BCUT2D eigenvalue weighted by molar-refractivity contribution is 7.09. The first kappa shape index (κ1) is 18.7. The minimum Gasteiger partial charge on any atom is -0.345 e. The van der Waals surface area contributed by atoms with E-state index in [0.717, 1.165) is 10.6 Å². The van der Waals surface area contributed by atoms with Gasteiger partial charge in [0.05, 0.1) is 6.04 Å². The summed E-state index contributed by atoms with van der Waals surface area (Å²) in [5.41, 5.74) is 1.31. The van der Waals surface area contributed by atoms with Crippen LogP contribution in [0.1, 0.15) is 47.4 Å².